The molecule has 0 aromatic heterocycles. The van der Waals surface area contributed by atoms with E-state index in [0.29, 0.717) is 28.6 Å². The summed E-state index contributed by atoms with van der Waals surface area (Å²) in [5.41, 5.74) is 1.35. The summed E-state index contributed by atoms with van der Waals surface area (Å²) in [5.74, 6) is 1.91. The number of hydrogen-bond donors (Lipinski definition) is 0. The summed E-state index contributed by atoms with van der Waals surface area (Å²) < 4.78 is 26.7. The number of rotatable bonds is 7. The topological polar surface area (TPSA) is 87.0 Å². The number of methoxy groups -OCH3 is 1. The lowest BCUT2D eigenvalue weighted by Crippen LogP contribution is -2.06. The molecule has 0 saturated carbocycles. The maximum atomic E-state index is 11.8. The quantitative estimate of drug-likeness (QED) is 0.412. The van der Waals surface area contributed by atoms with Crippen LogP contribution in [0.15, 0.2) is 42.0 Å². The number of nitrogens with zero attached hydrogens (tertiary/aromatic N) is 1. The van der Waals surface area contributed by atoms with Gasteiger partial charge in [0.25, 0.3) is 0 Å². The molecular weight excluding hydrogens is 362 g/mol. The highest BCUT2D eigenvalue weighted by Crippen LogP contribution is 2.35. The summed E-state index contributed by atoms with van der Waals surface area (Å²) >= 11 is 0. The molecule has 0 fully saturated rings. The van der Waals surface area contributed by atoms with E-state index in [1.54, 1.807) is 50.4 Å². The maximum Gasteiger partial charge on any atom is 0.348 e. The first kappa shape index (κ1) is 19.1. The van der Waals surface area contributed by atoms with Crippen LogP contribution in [0.2, 0.25) is 0 Å². The molecule has 144 valence electrons. The first-order valence-corrected chi connectivity index (χ1v) is 8.63. The van der Waals surface area contributed by atoms with Gasteiger partial charge in [-0.15, -0.1) is 0 Å². The van der Waals surface area contributed by atoms with Crippen LogP contribution in [-0.2, 0) is 16.1 Å². The molecule has 1 aliphatic heterocycles. The van der Waals surface area contributed by atoms with Crippen molar-refractivity contribution < 1.29 is 28.5 Å². The lowest BCUT2D eigenvalue weighted by molar-refractivity contribution is -0.137. The van der Waals surface area contributed by atoms with Gasteiger partial charge in [-0.2, -0.15) is 5.26 Å². The molecule has 0 saturated heterocycles. The van der Waals surface area contributed by atoms with Gasteiger partial charge in [-0.25, -0.2) is 4.79 Å². The summed E-state index contributed by atoms with van der Waals surface area (Å²) in [4.78, 5) is 11.8. The molecule has 0 bridgehead atoms. The molecule has 0 radical (unpaired) electrons. The van der Waals surface area contributed by atoms with Crippen molar-refractivity contribution in [2.24, 2.45) is 0 Å². The average Bonchev–Trinajstić information content (AvgIpc) is 3.18. The fourth-order valence-electron chi connectivity index (χ4n) is 2.64. The number of hydrogen-bond acceptors (Lipinski definition) is 7. The number of esters is 1. The molecule has 0 N–H and O–H groups in total. The minimum atomic E-state index is -0.654. The van der Waals surface area contributed by atoms with Gasteiger partial charge in [-0.1, -0.05) is 6.07 Å². The summed E-state index contributed by atoms with van der Waals surface area (Å²) in [6.07, 6.45) is 1.47. The molecule has 7 heteroatoms. The Hall–Kier alpha value is -3.66. The Morgan fingerprint density at radius 2 is 2.04 bits per heavy atom. The van der Waals surface area contributed by atoms with Crippen molar-refractivity contribution >= 4 is 12.0 Å². The van der Waals surface area contributed by atoms with Gasteiger partial charge < -0.3 is 23.7 Å². The molecule has 3 rings (SSSR count). The van der Waals surface area contributed by atoms with Crippen molar-refractivity contribution in [3.05, 3.63) is 53.1 Å². The van der Waals surface area contributed by atoms with E-state index in [0.717, 1.165) is 5.56 Å². The maximum absolute atomic E-state index is 11.8. The van der Waals surface area contributed by atoms with Crippen molar-refractivity contribution in [1.29, 1.82) is 5.26 Å². The summed E-state index contributed by atoms with van der Waals surface area (Å²) in [6.45, 7) is 2.31. The van der Waals surface area contributed by atoms with Crippen LogP contribution in [0.4, 0.5) is 0 Å². The van der Waals surface area contributed by atoms with Crippen molar-refractivity contribution in [2.45, 2.75) is 13.5 Å². The summed E-state index contributed by atoms with van der Waals surface area (Å²) in [6, 6.07) is 12.5. The zero-order chi connectivity index (χ0) is 19.9. The number of carbonyl (C=O) groups excluding carboxylic acids is 1. The van der Waals surface area contributed by atoms with Crippen molar-refractivity contribution in [3.8, 4) is 29.1 Å². The molecule has 1 aliphatic rings. The fourth-order valence-corrected chi connectivity index (χ4v) is 2.64. The standard InChI is InChI=1S/C21H19NO6/c1-3-25-21(23)15(11-22)8-14-4-6-18(24-2)16(9-14)12-26-17-5-7-19-20(10-17)28-13-27-19/h4-10H,3,12-13H2,1-2H3/b15-8+. The van der Waals surface area contributed by atoms with Crippen molar-refractivity contribution in [1.82, 2.24) is 0 Å². The van der Waals surface area contributed by atoms with Crippen LogP contribution in [0.5, 0.6) is 23.0 Å². The van der Waals surface area contributed by atoms with Crippen LogP contribution in [0.3, 0.4) is 0 Å². The monoisotopic (exact) mass is 381 g/mol. The Morgan fingerprint density at radius 3 is 2.79 bits per heavy atom. The van der Waals surface area contributed by atoms with E-state index in [9.17, 15) is 10.1 Å². The fraction of sp³-hybridized carbons (Fsp3) is 0.238. The van der Waals surface area contributed by atoms with Crippen molar-refractivity contribution in [2.75, 3.05) is 20.5 Å². The van der Waals surface area contributed by atoms with Gasteiger partial charge in [0.05, 0.1) is 13.7 Å². The van der Waals surface area contributed by atoms with Crippen LogP contribution in [-0.4, -0.2) is 26.5 Å². The third-order valence-corrected chi connectivity index (χ3v) is 3.97. The molecular formula is C21H19NO6. The molecule has 7 nitrogen and oxygen atoms in total. The Bertz CT molecular complexity index is 944. The van der Waals surface area contributed by atoms with E-state index in [-0.39, 0.29) is 25.6 Å². The third-order valence-electron chi connectivity index (χ3n) is 3.97. The predicted molar refractivity (Wildman–Crippen MR) is 100 cm³/mol. The minimum Gasteiger partial charge on any atom is -0.496 e. The van der Waals surface area contributed by atoms with Crippen LogP contribution in [0, 0.1) is 11.3 Å². The number of nitriles is 1. The summed E-state index contributed by atoms with van der Waals surface area (Å²) in [5, 5.41) is 9.19. The van der Waals surface area contributed by atoms with Gasteiger partial charge in [-0.3, -0.25) is 0 Å². The lowest BCUT2D eigenvalue weighted by atomic mass is 10.1. The number of fused-ring (bicyclic) bond motifs is 1. The first-order valence-electron chi connectivity index (χ1n) is 8.63. The van der Waals surface area contributed by atoms with Gasteiger partial charge >= 0.3 is 5.97 Å². The second-order valence-electron chi connectivity index (χ2n) is 5.77. The summed E-state index contributed by atoms with van der Waals surface area (Å²) in [7, 11) is 1.56. The molecule has 0 amide bonds. The molecule has 0 aliphatic carbocycles. The number of ether oxygens (including phenoxy) is 5. The average molecular weight is 381 g/mol. The largest absolute Gasteiger partial charge is 0.496 e. The molecule has 0 unspecified atom stereocenters. The van der Waals surface area contributed by atoms with Gasteiger partial charge in [-0.05, 0) is 42.8 Å². The third kappa shape index (κ3) is 4.35. The normalized spacial score (nSPS) is 12.2. The van der Waals surface area contributed by atoms with Crippen LogP contribution < -0.4 is 18.9 Å². The van der Waals surface area contributed by atoms with Crippen LogP contribution >= 0.6 is 0 Å². The second-order valence-corrected chi connectivity index (χ2v) is 5.77. The van der Waals surface area contributed by atoms with Crippen LogP contribution in [0.1, 0.15) is 18.1 Å². The lowest BCUT2D eigenvalue weighted by Gasteiger charge is -2.12. The highest BCUT2D eigenvalue weighted by Gasteiger charge is 2.15. The van der Waals surface area contributed by atoms with E-state index in [1.165, 1.54) is 6.08 Å². The Labute approximate surface area is 162 Å². The number of carbonyl (C=O) groups is 1. The van der Waals surface area contributed by atoms with E-state index < -0.39 is 5.97 Å². The molecule has 0 spiro atoms. The molecule has 2 aromatic rings. The van der Waals surface area contributed by atoms with E-state index in [1.807, 2.05) is 6.07 Å². The number of benzene rings is 2. The predicted octanol–water partition coefficient (Wildman–Crippen LogP) is 3.47. The first-order chi connectivity index (χ1) is 13.6. The zero-order valence-electron chi connectivity index (χ0n) is 15.6. The van der Waals surface area contributed by atoms with Gasteiger partial charge in [0, 0.05) is 11.6 Å². The van der Waals surface area contributed by atoms with Crippen LogP contribution in [0.25, 0.3) is 6.08 Å². The van der Waals surface area contributed by atoms with E-state index in [2.05, 4.69) is 0 Å². The highest BCUT2D eigenvalue weighted by molar-refractivity contribution is 5.97. The van der Waals surface area contributed by atoms with E-state index in [4.69, 9.17) is 23.7 Å². The molecule has 1 heterocycles. The SMILES string of the molecule is CCOC(=O)/C(C#N)=C/c1ccc(OC)c(COc2ccc3c(c2)OCO3)c1. The second kappa shape index (κ2) is 8.82. The molecule has 2 aromatic carbocycles. The van der Waals surface area contributed by atoms with Crippen molar-refractivity contribution in [3.63, 3.8) is 0 Å². The smallest absolute Gasteiger partial charge is 0.348 e. The Balaban J connectivity index is 1.79. The van der Waals surface area contributed by atoms with E-state index >= 15 is 0 Å². The van der Waals surface area contributed by atoms with Gasteiger partial charge in [0.2, 0.25) is 6.79 Å². The molecule has 28 heavy (non-hydrogen) atoms. The molecule has 0 atom stereocenters. The Morgan fingerprint density at radius 1 is 1.21 bits per heavy atom. The van der Waals surface area contributed by atoms with Gasteiger partial charge in [0.1, 0.15) is 29.7 Å². The Kier molecular flexibility index (Phi) is 6.02. The zero-order valence-corrected chi connectivity index (χ0v) is 15.6. The highest BCUT2D eigenvalue weighted by atomic mass is 16.7. The minimum absolute atomic E-state index is 0.0744. The van der Waals surface area contributed by atoms with Gasteiger partial charge in [0.15, 0.2) is 11.5 Å².